The van der Waals surface area contributed by atoms with Crippen LogP contribution in [0, 0.1) is 0 Å². The lowest BCUT2D eigenvalue weighted by molar-refractivity contribution is -0.127. The molecule has 1 aromatic carbocycles. The van der Waals surface area contributed by atoms with Crippen LogP contribution in [0.5, 0.6) is 0 Å². The third kappa shape index (κ3) is 5.23. The van der Waals surface area contributed by atoms with Gasteiger partial charge in [0, 0.05) is 6.04 Å². The number of halogens is 1. The Morgan fingerprint density at radius 2 is 1.83 bits per heavy atom. The number of ether oxygens (including phenoxy) is 1. The third-order valence-electron chi connectivity index (χ3n) is 3.92. The number of carbonyl (C=O) groups excluding carboxylic acids is 3. The first-order valence-corrected chi connectivity index (χ1v) is 8.42. The number of esters is 1. The summed E-state index contributed by atoms with van der Waals surface area (Å²) in [5.41, 5.74) is 0.172. The summed E-state index contributed by atoms with van der Waals surface area (Å²) in [5, 5.41) is 5.21. The molecule has 1 aliphatic rings. The van der Waals surface area contributed by atoms with Crippen molar-refractivity contribution in [1.82, 2.24) is 10.6 Å². The van der Waals surface area contributed by atoms with Gasteiger partial charge in [0.05, 0.1) is 10.6 Å². The van der Waals surface area contributed by atoms with E-state index in [1.165, 1.54) is 19.4 Å². The Bertz CT molecular complexity index is 614. The van der Waals surface area contributed by atoms with Crippen molar-refractivity contribution in [2.24, 2.45) is 0 Å². The van der Waals surface area contributed by atoms with Crippen LogP contribution in [0.25, 0.3) is 0 Å². The van der Waals surface area contributed by atoms with Gasteiger partial charge in [-0.05, 0) is 31.9 Å². The van der Waals surface area contributed by atoms with Gasteiger partial charge < -0.3 is 10.1 Å². The van der Waals surface area contributed by atoms with E-state index in [2.05, 4.69) is 10.6 Å². The van der Waals surface area contributed by atoms with Gasteiger partial charge in [-0.3, -0.25) is 10.1 Å². The Hall–Kier alpha value is -2.08. The average molecular weight is 353 g/mol. The molecule has 1 aromatic rings. The molecule has 2 rings (SSSR count). The zero-order chi connectivity index (χ0) is 17.5. The lowest BCUT2D eigenvalue weighted by Crippen LogP contribution is -2.48. The fourth-order valence-electron chi connectivity index (χ4n) is 2.59. The largest absolute Gasteiger partial charge is 0.449 e. The van der Waals surface area contributed by atoms with Crippen LogP contribution in [0.1, 0.15) is 49.4 Å². The van der Waals surface area contributed by atoms with Crippen LogP contribution in [-0.4, -0.2) is 30.1 Å². The fourth-order valence-corrected chi connectivity index (χ4v) is 2.80. The Labute approximate surface area is 145 Å². The number of hydrogen-bond acceptors (Lipinski definition) is 4. The summed E-state index contributed by atoms with van der Waals surface area (Å²) in [6.07, 6.45) is 4.05. The summed E-state index contributed by atoms with van der Waals surface area (Å²) in [5.74, 6) is -1.39. The van der Waals surface area contributed by atoms with Gasteiger partial charge in [0.25, 0.3) is 5.91 Å². The van der Waals surface area contributed by atoms with Gasteiger partial charge in [0.15, 0.2) is 6.10 Å². The van der Waals surface area contributed by atoms with Crippen LogP contribution in [0.4, 0.5) is 4.79 Å². The summed E-state index contributed by atoms with van der Waals surface area (Å²) in [4.78, 5) is 35.8. The Morgan fingerprint density at radius 3 is 2.50 bits per heavy atom. The highest BCUT2D eigenvalue weighted by atomic mass is 35.5. The van der Waals surface area contributed by atoms with Crippen LogP contribution < -0.4 is 10.6 Å². The summed E-state index contributed by atoms with van der Waals surface area (Å²) in [6.45, 7) is 1.40. The molecule has 0 radical (unpaired) electrons. The first kappa shape index (κ1) is 18.3. The molecule has 0 aliphatic heterocycles. The van der Waals surface area contributed by atoms with E-state index in [0.717, 1.165) is 25.7 Å². The number of urea groups is 1. The van der Waals surface area contributed by atoms with E-state index in [-0.39, 0.29) is 16.6 Å². The standard InChI is InChI=1S/C17H21ClN2O4/c1-11(24-16(22)13-9-5-6-10-14(13)18)15(21)20-17(23)19-12-7-3-2-4-8-12/h5-6,9-12H,2-4,7-8H2,1H3,(H2,19,20,21,23)/t11-/m1/s1. The maximum absolute atomic E-state index is 12.0. The van der Waals surface area contributed by atoms with Gasteiger partial charge in [-0.1, -0.05) is 43.0 Å². The monoisotopic (exact) mass is 352 g/mol. The number of nitrogens with one attached hydrogen (secondary N) is 2. The second-order valence-corrected chi connectivity index (χ2v) is 6.23. The first-order chi connectivity index (χ1) is 11.5. The molecule has 130 valence electrons. The highest BCUT2D eigenvalue weighted by molar-refractivity contribution is 6.33. The number of carbonyl (C=O) groups is 3. The lowest BCUT2D eigenvalue weighted by atomic mass is 9.96. The van der Waals surface area contributed by atoms with Gasteiger partial charge in [-0.2, -0.15) is 0 Å². The molecule has 1 saturated carbocycles. The normalized spacial score (nSPS) is 16.1. The van der Waals surface area contributed by atoms with Gasteiger partial charge in [-0.25, -0.2) is 9.59 Å². The zero-order valence-corrected chi connectivity index (χ0v) is 14.3. The van der Waals surface area contributed by atoms with Crippen molar-refractivity contribution in [3.8, 4) is 0 Å². The quantitative estimate of drug-likeness (QED) is 0.816. The predicted octanol–water partition coefficient (Wildman–Crippen LogP) is 3.04. The van der Waals surface area contributed by atoms with Gasteiger partial charge in [-0.15, -0.1) is 0 Å². The number of rotatable bonds is 4. The first-order valence-electron chi connectivity index (χ1n) is 8.04. The van der Waals surface area contributed by atoms with E-state index >= 15 is 0 Å². The molecule has 0 heterocycles. The molecule has 0 saturated heterocycles. The zero-order valence-electron chi connectivity index (χ0n) is 13.5. The molecule has 1 atom stereocenters. The minimum atomic E-state index is -1.11. The third-order valence-corrected chi connectivity index (χ3v) is 4.25. The average Bonchev–Trinajstić information content (AvgIpc) is 2.55. The van der Waals surface area contributed by atoms with E-state index in [1.807, 2.05) is 0 Å². The molecular formula is C17H21ClN2O4. The number of amides is 3. The van der Waals surface area contributed by atoms with E-state index in [4.69, 9.17) is 16.3 Å². The molecule has 0 aromatic heterocycles. The fraction of sp³-hybridized carbons (Fsp3) is 0.471. The molecular weight excluding hydrogens is 332 g/mol. The molecule has 2 N–H and O–H groups in total. The van der Waals surface area contributed by atoms with Crippen LogP contribution in [0.3, 0.4) is 0 Å². The molecule has 1 fully saturated rings. The Kier molecular flexibility index (Phi) is 6.61. The van der Waals surface area contributed by atoms with Crippen LogP contribution in [0.2, 0.25) is 5.02 Å². The van der Waals surface area contributed by atoms with Crippen molar-refractivity contribution in [3.63, 3.8) is 0 Å². The molecule has 3 amide bonds. The molecule has 1 aliphatic carbocycles. The SMILES string of the molecule is C[C@@H](OC(=O)c1ccccc1Cl)C(=O)NC(=O)NC1CCCCC1. The number of imide groups is 1. The van der Waals surface area contributed by atoms with Crippen molar-refractivity contribution in [3.05, 3.63) is 34.9 Å². The van der Waals surface area contributed by atoms with Crippen molar-refractivity contribution < 1.29 is 19.1 Å². The second kappa shape index (κ2) is 8.68. The van der Waals surface area contributed by atoms with Crippen molar-refractivity contribution in [2.45, 2.75) is 51.2 Å². The van der Waals surface area contributed by atoms with E-state index in [0.29, 0.717) is 0 Å². The maximum atomic E-state index is 12.0. The van der Waals surface area contributed by atoms with Crippen LogP contribution in [0.15, 0.2) is 24.3 Å². The molecule has 6 nitrogen and oxygen atoms in total. The van der Waals surface area contributed by atoms with E-state index in [1.54, 1.807) is 18.2 Å². The second-order valence-electron chi connectivity index (χ2n) is 5.83. The molecule has 0 bridgehead atoms. The maximum Gasteiger partial charge on any atom is 0.340 e. The molecule has 24 heavy (non-hydrogen) atoms. The minimum Gasteiger partial charge on any atom is -0.449 e. The van der Waals surface area contributed by atoms with Gasteiger partial charge in [0.2, 0.25) is 0 Å². The lowest BCUT2D eigenvalue weighted by Gasteiger charge is -2.23. The molecule has 7 heteroatoms. The van der Waals surface area contributed by atoms with E-state index in [9.17, 15) is 14.4 Å². The number of hydrogen-bond donors (Lipinski definition) is 2. The topological polar surface area (TPSA) is 84.5 Å². The van der Waals surface area contributed by atoms with Crippen molar-refractivity contribution in [2.75, 3.05) is 0 Å². The summed E-state index contributed by atoms with van der Waals surface area (Å²) >= 11 is 5.91. The summed E-state index contributed by atoms with van der Waals surface area (Å²) in [6, 6.07) is 5.92. The summed E-state index contributed by atoms with van der Waals surface area (Å²) in [7, 11) is 0. The Balaban J connectivity index is 1.82. The van der Waals surface area contributed by atoms with Crippen LogP contribution in [-0.2, 0) is 9.53 Å². The highest BCUT2D eigenvalue weighted by Crippen LogP contribution is 2.18. The Morgan fingerprint density at radius 1 is 1.17 bits per heavy atom. The van der Waals surface area contributed by atoms with Gasteiger partial charge >= 0.3 is 12.0 Å². The molecule has 0 spiro atoms. The predicted molar refractivity (Wildman–Crippen MR) is 89.9 cm³/mol. The van der Waals surface area contributed by atoms with Gasteiger partial charge in [0.1, 0.15) is 0 Å². The van der Waals surface area contributed by atoms with Crippen molar-refractivity contribution >= 4 is 29.5 Å². The summed E-state index contributed by atoms with van der Waals surface area (Å²) < 4.78 is 5.05. The van der Waals surface area contributed by atoms with Crippen LogP contribution >= 0.6 is 11.6 Å². The van der Waals surface area contributed by atoms with E-state index < -0.39 is 24.0 Å². The smallest absolute Gasteiger partial charge is 0.340 e. The number of benzene rings is 1. The highest BCUT2D eigenvalue weighted by Gasteiger charge is 2.23. The minimum absolute atomic E-state index is 0.0903. The van der Waals surface area contributed by atoms with Crippen molar-refractivity contribution in [1.29, 1.82) is 0 Å². The molecule has 0 unspecified atom stereocenters.